The number of likely N-dealkylation sites (tertiary alicyclic amines) is 1. The van der Waals surface area contributed by atoms with Crippen LogP contribution in [0.1, 0.15) is 49.4 Å². The van der Waals surface area contributed by atoms with E-state index in [0.717, 1.165) is 25.9 Å². The Bertz CT molecular complexity index is 558. The van der Waals surface area contributed by atoms with E-state index in [9.17, 15) is 9.59 Å². The topological polar surface area (TPSA) is 74.6 Å². The number of carbonyl (C=O) groups is 2. The molecule has 0 saturated carbocycles. The van der Waals surface area contributed by atoms with Crippen molar-refractivity contribution in [2.75, 3.05) is 26.2 Å². The molecule has 2 unspecified atom stereocenters. The van der Waals surface area contributed by atoms with Crippen LogP contribution in [0, 0.1) is 11.8 Å². The van der Waals surface area contributed by atoms with Crippen LogP contribution in [0.3, 0.4) is 0 Å². The van der Waals surface area contributed by atoms with Crippen molar-refractivity contribution in [3.63, 3.8) is 0 Å². The highest BCUT2D eigenvalue weighted by Crippen LogP contribution is 2.23. The van der Waals surface area contributed by atoms with Crippen LogP contribution >= 0.6 is 0 Å². The Morgan fingerprint density at radius 2 is 2.16 bits per heavy atom. The fourth-order valence-electron chi connectivity index (χ4n) is 3.91. The zero-order valence-electron chi connectivity index (χ0n) is 15.0. The average Bonchev–Trinajstić information content (AvgIpc) is 3.17. The highest BCUT2D eigenvalue weighted by Gasteiger charge is 2.27. The molecule has 1 aromatic heterocycles. The Hall–Kier alpha value is -1.82. The van der Waals surface area contributed by atoms with Crippen molar-refractivity contribution in [1.82, 2.24) is 15.5 Å². The van der Waals surface area contributed by atoms with Gasteiger partial charge in [0, 0.05) is 25.6 Å². The molecule has 2 aliphatic heterocycles. The molecule has 2 saturated heterocycles. The van der Waals surface area contributed by atoms with E-state index >= 15 is 0 Å². The van der Waals surface area contributed by atoms with Crippen LogP contribution < -0.4 is 10.6 Å². The minimum atomic E-state index is 0.0111. The predicted octanol–water partition coefficient (Wildman–Crippen LogP) is 2.03. The lowest BCUT2D eigenvalue weighted by Gasteiger charge is -2.33. The molecule has 2 amide bonds. The first-order valence-electron chi connectivity index (χ1n) is 9.45. The molecule has 0 aromatic carbocycles. The molecule has 25 heavy (non-hydrogen) atoms. The van der Waals surface area contributed by atoms with E-state index in [0.29, 0.717) is 36.9 Å². The number of carbonyl (C=O) groups excluding carboxylic acids is 2. The lowest BCUT2D eigenvalue weighted by molar-refractivity contribution is -0.123. The molecule has 2 fully saturated rings. The summed E-state index contributed by atoms with van der Waals surface area (Å²) in [7, 11) is 0. The van der Waals surface area contributed by atoms with E-state index in [2.05, 4.69) is 17.6 Å². The molecule has 1 aromatic rings. The number of nitrogens with zero attached hydrogens (tertiary/aromatic N) is 1. The number of furan rings is 1. The van der Waals surface area contributed by atoms with Crippen molar-refractivity contribution in [2.24, 2.45) is 11.8 Å². The quantitative estimate of drug-likeness (QED) is 0.855. The van der Waals surface area contributed by atoms with Crippen LogP contribution in [-0.2, 0) is 4.79 Å². The smallest absolute Gasteiger partial charge is 0.257 e. The predicted molar refractivity (Wildman–Crippen MR) is 95.2 cm³/mol. The summed E-state index contributed by atoms with van der Waals surface area (Å²) in [5.74, 6) is 1.18. The van der Waals surface area contributed by atoms with Crippen LogP contribution in [0.25, 0.3) is 0 Å². The monoisotopic (exact) mass is 347 g/mol. The van der Waals surface area contributed by atoms with E-state index in [4.69, 9.17) is 4.42 Å². The maximum atomic E-state index is 12.3. The fourth-order valence-corrected chi connectivity index (χ4v) is 3.91. The molecule has 6 nitrogen and oxygen atoms in total. The van der Waals surface area contributed by atoms with Gasteiger partial charge in [0.15, 0.2) is 0 Å². The van der Waals surface area contributed by atoms with Crippen molar-refractivity contribution < 1.29 is 14.0 Å². The van der Waals surface area contributed by atoms with Gasteiger partial charge in [-0.1, -0.05) is 6.92 Å². The summed E-state index contributed by atoms with van der Waals surface area (Å²) in [5, 5.41) is 6.59. The Labute approximate surface area is 149 Å². The highest BCUT2D eigenvalue weighted by atomic mass is 16.3. The minimum Gasteiger partial charge on any atom is -0.472 e. The second-order valence-electron chi connectivity index (χ2n) is 7.43. The van der Waals surface area contributed by atoms with E-state index in [1.54, 1.807) is 6.07 Å². The zero-order chi connectivity index (χ0) is 17.6. The molecule has 0 aliphatic carbocycles. The summed E-state index contributed by atoms with van der Waals surface area (Å²) in [6, 6.07) is 1.87. The molecule has 0 bridgehead atoms. The summed E-state index contributed by atoms with van der Waals surface area (Å²) in [4.78, 5) is 26.5. The maximum Gasteiger partial charge on any atom is 0.257 e. The number of amides is 2. The highest BCUT2D eigenvalue weighted by molar-refractivity contribution is 5.93. The van der Waals surface area contributed by atoms with Crippen molar-refractivity contribution in [1.29, 1.82) is 0 Å². The van der Waals surface area contributed by atoms with Gasteiger partial charge in [-0.3, -0.25) is 9.59 Å². The van der Waals surface area contributed by atoms with Gasteiger partial charge in [0.05, 0.1) is 11.8 Å². The average molecular weight is 347 g/mol. The molecule has 2 aliphatic rings. The lowest BCUT2D eigenvalue weighted by atomic mass is 9.85. The SMILES string of the molecule is CC(CC(=O)NC1CCN(C(=O)c2ccoc2)CC1)C1CCCNC1. The van der Waals surface area contributed by atoms with Crippen molar-refractivity contribution in [3.8, 4) is 0 Å². The van der Waals surface area contributed by atoms with Crippen molar-refractivity contribution >= 4 is 11.8 Å². The molecule has 0 spiro atoms. The number of hydrogen-bond acceptors (Lipinski definition) is 4. The number of nitrogens with one attached hydrogen (secondary N) is 2. The molecule has 3 heterocycles. The third-order valence-corrected chi connectivity index (χ3v) is 5.56. The summed E-state index contributed by atoms with van der Waals surface area (Å²) >= 11 is 0. The number of piperidine rings is 2. The van der Waals surface area contributed by atoms with Gasteiger partial charge in [-0.25, -0.2) is 0 Å². The van der Waals surface area contributed by atoms with Crippen molar-refractivity contribution in [2.45, 2.75) is 45.1 Å². The first kappa shape index (κ1) is 18.0. The van der Waals surface area contributed by atoms with Gasteiger partial charge in [0.2, 0.25) is 5.91 Å². The zero-order valence-corrected chi connectivity index (χ0v) is 15.0. The van der Waals surface area contributed by atoms with E-state index in [-0.39, 0.29) is 17.9 Å². The second kappa shape index (κ2) is 8.52. The van der Waals surface area contributed by atoms with Crippen LogP contribution in [0.15, 0.2) is 23.0 Å². The Kier molecular flexibility index (Phi) is 6.13. The standard InChI is InChI=1S/C19H29N3O3/c1-14(15-3-2-7-20-12-15)11-18(23)21-17-4-8-22(9-5-17)19(24)16-6-10-25-13-16/h6,10,13-15,17,20H,2-5,7-9,11-12H2,1H3,(H,21,23). The first-order valence-corrected chi connectivity index (χ1v) is 9.45. The molecule has 2 atom stereocenters. The van der Waals surface area contributed by atoms with Crippen LogP contribution in [0.2, 0.25) is 0 Å². The Morgan fingerprint density at radius 3 is 2.80 bits per heavy atom. The van der Waals surface area contributed by atoms with E-state index < -0.39 is 0 Å². The van der Waals surface area contributed by atoms with Gasteiger partial charge in [0.1, 0.15) is 6.26 Å². The lowest BCUT2D eigenvalue weighted by Crippen LogP contribution is -2.47. The number of rotatable bonds is 5. The normalized spacial score (nSPS) is 23.2. The largest absolute Gasteiger partial charge is 0.472 e. The molecule has 6 heteroatoms. The molecular formula is C19H29N3O3. The third kappa shape index (κ3) is 4.84. The second-order valence-corrected chi connectivity index (χ2v) is 7.43. The summed E-state index contributed by atoms with van der Waals surface area (Å²) in [6.07, 6.45) is 7.65. The van der Waals surface area contributed by atoms with E-state index in [1.807, 2.05) is 4.90 Å². The van der Waals surface area contributed by atoms with Gasteiger partial charge in [-0.2, -0.15) is 0 Å². The first-order chi connectivity index (χ1) is 12.1. The van der Waals surface area contributed by atoms with Gasteiger partial charge in [-0.15, -0.1) is 0 Å². The van der Waals surface area contributed by atoms with Gasteiger partial charge < -0.3 is 20.0 Å². The summed E-state index contributed by atoms with van der Waals surface area (Å²) in [5.41, 5.74) is 0.595. The van der Waals surface area contributed by atoms with Crippen LogP contribution in [0.5, 0.6) is 0 Å². The molecule has 3 rings (SSSR count). The molecule has 0 radical (unpaired) electrons. The Balaban J connectivity index is 1.39. The van der Waals surface area contributed by atoms with Gasteiger partial charge in [0.25, 0.3) is 5.91 Å². The van der Waals surface area contributed by atoms with Gasteiger partial charge >= 0.3 is 0 Å². The maximum absolute atomic E-state index is 12.3. The molecule has 138 valence electrons. The van der Waals surface area contributed by atoms with Gasteiger partial charge in [-0.05, 0) is 56.7 Å². The molecule has 2 N–H and O–H groups in total. The molecular weight excluding hydrogens is 318 g/mol. The van der Waals surface area contributed by atoms with Crippen LogP contribution in [0.4, 0.5) is 0 Å². The third-order valence-electron chi connectivity index (χ3n) is 5.56. The minimum absolute atomic E-state index is 0.0111. The number of hydrogen-bond donors (Lipinski definition) is 2. The van der Waals surface area contributed by atoms with Crippen LogP contribution in [-0.4, -0.2) is 48.9 Å². The summed E-state index contributed by atoms with van der Waals surface area (Å²) < 4.78 is 4.98. The summed E-state index contributed by atoms with van der Waals surface area (Å²) in [6.45, 7) is 5.67. The van der Waals surface area contributed by atoms with Crippen molar-refractivity contribution in [3.05, 3.63) is 24.2 Å². The Morgan fingerprint density at radius 1 is 1.36 bits per heavy atom. The fraction of sp³-hybridized carbons (Fsp3) is 0.684. The van der Waals surface area contributed by atoms with E-state index in [1.165, 1.54) is 25.4 Å².